The van der Waals surface area contributed by atoms with Gasteiger partial charge >= 0.3 is 0 Å². The Labute approximate surface area is 218 Å². The van der Waals surface area contributed by atoms with Crippen molar-refractivity contribution >= 4 is 145 Å². The number of carbonyl (C=O) groups excluding carboxylic acids is 1. The first-order chi connectivity index (χ1) is 13.3. The van der Waals surface area contributed by atoms with Crippen LogP contribution in [0.1, 0.15) is 15.9 Å². The summed E-state index contributed by atoms with van der Waals surface area (Å²) in [6.45, 7) is 0. The third-order valence-electron chi connectivity index (χ3n) is 4.69. The zero-order valence-electron chi connectivity index (χ0n) is 13.2. The van der Waals surface area contributed by atoms with E-state index in [0.29, 0.717) is 15.9 Å². The maximum atomic E-state index is 13.5. The SMILES string of the molecule is O=C1c2c(Br)c(Br)c(Br)c(Br)c2C2=Nc3c(Br)c(Br)c(Br)c4cccc(c34)N12. The Morgan fingerprint density at radius 3 is 2.00 bits per heavy atom. The van der Waals surface area contributed by atoms with Crippen LogP contribution in [0.3, 0.4) is 0 Å². The lowest BCUT2D eigenvalue weighted by Gasteiger charge is -2.26. The predicted molar refractivity (Wildman–Crippen MR) is 137 cm³/mol. The summed E-state index contributed by atoms with van der Waals surface area (Å²) >= 11 is 25.3. The van der Waals surface area contributed by atoms with Crippen LogP contribution in [-0.4, -0.2) is 11.7 Å². The predicted octanol–water partition coefficient (Wildman–Crippen LogP) is 9.23. The Morgan fingerprint density at radius 1 is 0.714 bits per heavy atom. The van der Waals surface area contributed by atoms with Gasteiger partial charge in [-0.25, -0.2) is 4.99 Å². The highest BCUT2D eigenvalue weighted by Crippen LogP contribution is 2.54. The molecule has 3 aromatic rings. The summed E-state index contributed by atoms with van der Waals surface area (Å²) in [5.74, 6) is 0.471. The molecule has 1 amide bonds. The zero-order chi connectivity index (χ0) is 20.1. The van der Waals surface area contributed by atoms with E-state index in [0.717, 1.165) is 54.5 Å². The molecule has 0 N–H and O–H groups in total. The molecule has 0 saturated carbocycles. The highest BCUT2D eigenvalue weighted by atomic mass is 79.9. The third-order valence-corrected chi connectivity index (χ3v) is 12.9. The molecule has 2 heterocycles. The molecular weight excluding hydrogens is 820 g/mol. The number of aliphatic imine (C=N–C) groups is 1. The van der Waals surface area contributed by atoms with Crippen molar-refractivity contribution in [3.05, 3.63) is 60.6 Å². The lowest BCUT2D eigenvalue weighted by Crippen LogP contribution is -2.31. The van der Waals surface area contributed by atoms with Crippen molar-refractivity contribution < 1.29 is 4.79 Å². The normalized spacial score (nSPS) is 14.5. The van der Waals surface area contributed by atoms with Crippen molar-refractivity contribution in [2.45, 2.75) is 0 Å². The van der Waals surface area contributed by atoms with Gasteiger partial charge in [0.1, 0.15) is 5.84 Å². The van der Waals surface area contributed by atoms with Crippen molar-refractivity contribution in [1.29, 1.82) is 0 Å². The Kier molecular flexibility index (Phi) is 5.06. The molecule has 3 aromatic carbocycles. The van der Waals surface area contributed by atoms with Gasteiger partial charge < -0.3 is 0 Å². The van der Waals surface area contributed by atoms with Gasteiger partial charge in [0.2, 0.25) is 0 Å². The van der Waals surface area contributed by atoms with E-state index in [4.69, 9.17) is 4.99 Å². The van der Waals surface area contributed by atoms with Crippen molar-refractivity contribution in [2.75, 3.05) is 4.90 Å². The second-order valence-electron chi connectivity index (χ2n) is 6.07. The molecule has 2 aliphatic rings. The van der Waals surface area contributed by atoms with Crippen LogP contribution >= 0.6 is 112 Å². The van der Waals surface area contributed by atoms with Gasteiger partial charge in [-0.1, -0.05) is 12.1 Å². The molecule has 0 aromatic heterocycles. The third kappa shape index (κ3) is 2.51. The number of nitrogens with zero attached hydrogens (tertiary/aromatic N) is 2. The summed E-state index contributed by atoms with van der Waals surface area (Å²) in [6, 6.07) is 5.90. The van der Waals surface area contributed by atoms with E-state index in [9.17, 15) is 4.79 Å². The maximum absolute atomic E-state index is 13.5. The molecule has 0 fully saturated rings. The average molecular weight is 823 g/mol. The molecule has 0 unspecified atom stereocenters. The van der Waals surface area contributed by atoms with Crippen molar-refractivity contribution in [3.8, 4) is 0 Å². The summed E-state index contributed by atoms with van der Waals surface area (Å²) in [5, 5.41) is 1.90. The standard InChI is InChI=1S/C18H3Br7N2O/c19-9-4-2-1-3-5-6(4)16(15(25)12(9)22)26-17-7-8(18(28)27(5)17)11(21)14(24)13(23)10(7)20/h1-3H. The summed E-state index contributed by atoms with van der Waals surface area (Å²) in [7, 11) is 0. The fourth-order valence-corrected chi connectivity index (χ4v) is 7.64. The number of anilines is 1. The van der Waals surface area contributed by atoms with E-state index >= 15 is 0 Å². The molecule has 5 rings (SSSR count). The van der Waals surface area contributed by atoms with Gasteiger partial charge in [-0.2, -0.15) is 0 Å². The van der Waals surface area contributed by atoms with Crippen LogP contribution in [0.25, 0.3) is 10.8 Å². The first-order valence-corrected chi connectivity index (χ1v) is 13.2. The number of benzene rings is 3. The maximum Gasteiger partial charge on any atom is 0.266 e. The van der Waals surface area contributed by atoms with Crippen LogP contribution in [0.5, 0.6) is 0 Å². The number of rotatable bonds is 0. The first-order valence-electron chi connectivity index (χ1n) is 7.64. The fraction of sp³-hybridized carbons (Fsp3) is 0. The molecule has 28 heavy (non-hydrogen) atoms. The number of amidine groups is 1. The summed E-state index contributed by atoms with van der Waals surface area (Å²) in [6.07, 6.45) is 0. The highest BCUT2D eigenvalue weighted by Gasteiger charge is 2.43. The number of fused-ring (bicyclic) bond motifs is 4. The second-order valence-corrected chi connectivity index (χ2v) is 11.6. The van der Waals surface area contributed by atoms with Gasteiger partial charge in [0.05, 0.1) is 21.4 Å². The lowest BCUT2D eigenvalue weighted by atomic mass is 10.0. The fourth-order valence-electron chi connectivity index (χ4n) is 3.49. The molecular formula is C18H3Br7N2O. The van der Waals surface area contributed by atoms with Crippen LogP contribution in [0.15, 0.2) is 54.5 Å². The largest absolute Gasteiger partial charge is 0.268 e. The topological polar surface area (TPSA) is 32.7 Å². The Bertz CT molecular complexity index is 1320. The summed E-state index contributed by atoms with van der Waals surface area (Å²) in [4.78, 5) is 20.1. The van der Waals surface area contributed by atoms with Gasteiger partial charge in [0.25, 0.3) is 5.91 Å². The summed E-state index contributed by atoms with van der Waals surface area (Å²) in [5.41, 5.74) is 2.91. The van der Waals surface area contributed by atoms with E-state index in [1.165, 1.54) is 0 Å². The van der Waals surface area contributed by atoms with E-state index in [2.05, 4.69) is 112 Å². The molecule has 0 spiro atoms. The van der Waals surface area contributed by atoms with Crippen LogP contribution < -0.4 is 4.90 Å². The van der Waals surface area contributed by atoms with Crippen molar-refractivity contribution in [1.82, 2.24) is 0 Å². The highest BCUT2D eigenvalue weighted by molar-refractivity contribution is 9.15. The molecule has 10 heteroatoms. The Balaban J connectivity index is 1.97. The minimum Gasteiger partial charge on any atom is -0.268 e. The minimum atomic E-state index is -0.122. The molecule has 0 saturated heterocycles. The molecule has 2 aliphatic heterocycles. The van der Waals surface area contributed by atoms with Crippen LogP contribution in [0, 0.1) is 0 Å². The second kappa shape index (κ2) is 6.97. The molecule has 140 valence electrons. The molecule has 0 atom stereocenters. The number of halogens is 7. The number of hydrogen-bond acceptors (Lipinski definition) is 2. The zero-order valence-corrected chi connectivity index (χ0v) is 24.3. The monoisotopic (exact) mass is 815 g/mol. The van der Waals surface area contributed by atoms with Gasteiger partial charge in [-0.05, 0) is 118 Å². The van der Waals surface area contributed by atoms with Crippen LogP contribution in [-0.2, 0) is 0 Å². The van der Waals surface area contributed by atoms with E-state index < -0.39 is 0 Å². The molecule has 0 bridgehead atoms. The number of amides is 1. The Morgan fingerprint density at radius 2 is 1.32 bits per heavy atom. The lowest BCUT2D eigenvalue weighted by molar-refractivity contribution is 0.101. The van der Waals surface area contributed by atoms with Crippen LogP contribution in [0.4, 0.5) is 11.4 Å². The van der Waals surface area contributed by atoms with Crippen LogP contribution in [0.2, 0.25) is 0 Å². The molecule has 3 nitrogen and oxygen atoms in total. The number of carbonyl (C=O) groups is 1. The average Bonchev–Trinajstić information content (AvgIpc) is 2.99. The summed E-state index contributed by atoms with van der Waals surface area (Å²) < 4.78 is 5.68. The van der Waals surface area contributed by atoms with Crippen molar-refractivity contribution in [3.63, 3.8) is 0 Å². The van der Waals surface area contributed by atoms with E-state index in [1.54, 1.807) is 4.90 Å². The van der Waals surface area contributed by atoms with Gasteiger partial charge in [-0.3, -0.25) is 9.69 Å². The van der Waals surface area contributed by atoms with E-state index in [-0.39, 0.29) is 5.91 Å². The van der Waals surface area contributed by atoms with Gasteiger partial charge in [0, 0.05) is 43.2 Å². The molecule has 0 aliphatic carbocycles. The minimum absolute atomic E-state index is 0.122. The van der Waals surface area contributed by atoms with Gasteiger partial charge in [0.15, 0.2) is 0 Å². The quantitative estimate of drug-likeness (QED) is 0.165. The van der Waals surface area contributed by atoms with Gasteiger partial charge in [-0.15, -0.1) is 0 Å². The Hall–Kier alpha value is 0.420. The first kappa shape index (κ1) is 20.3. The van der Waals surface area contributed by atoms with Crippen molar-refractivity contribution in [2.24, 2.45) is 4.99 Å². The number of hydrogen-bond donors (Lipinski definition) is 0. The molecule has 0 radical (unpaired) electrons. The smallest absolute Gasteiger partial charge is 0.266 e. The van der Waals surface area contributed by atoms with E-state index in [1.807, 2.05) is 18.2 Å².